The highest BCUT2D eigenvalue weighted by Crippen LogP contribution is 2.57. The van der Waals surface area contributed by atoms with E-state index in [0.29, 0.717) is 17.9 Å². The number of rotatable bonds is 7. The van der Waals surface area contributed by atoms with Gasteiger partial charge in [0.15, 0.2) is 0 Å². The van der Waals surface area contributed by atoms with E-state index in [1.54, 1.807) is 0 Å². The average Bonchev–Trinajstić information content (AvgIpc) is 3.52. The Morgan fingerprint density at radius 1 is 1.00 bits per heavy atom. The minimum absolute atomic E-state index is 0.148. The second-order valence-corrected chi connectivity index (χ2v) is 8.60. The molecule has 0 unspecified atom stereocenters. The summed E-state index contributed by atoms with van der Waals surface area (Å²) in [6.07, 6.45) is 3.57. The number of likely N-dealkylation sites (tertiary alicyclic amines) is 1. The van der Waals surface area contributed by atoms with Gasteiger partial charge in [-0.25, -0.2) is 4.79 Å². The standard InChI is InChI=1S/C25H32N2O2/c1-2-29-24(28)27-16-15-25(13-14-25)23(20-27)19-26(17-21-9-5-3-6-10-21)18-22-11-7-4-8-12-22/h3-12,23H,2,13-20H2,1H3/t23-/m0/s1. The maximum atomic E-state index is 12.3. The average molecular weight is 393 g/mol. The number of carbonyl (C=O) groups excluding carboxylic acids is 1. The van der Waals surface area contributed by atoms with Crippen LogP contribution in [-0.2, 0) is 17.8 Å². The van der Waals surface area contributed by atoms with E-state index in [1.165, 1.54) is 24.0 Å². The van der Waals surface area contributed by atoms with E-state index in [9.17, 15) is 4.79 Å². The first-order valence-corrected chi connectivity index (χ1v) is 10.9. The number of piperidine rings is 1. The van der Waals surface area contributed by atoms with E-state index in [0.717, 1.165) is 39.1 Å². The molecule has 2 fully saturated rings. The molecular formula is C25H32N2O2. The van der Waals surface area contributed by atoms with Crippen LogP contribution in [0.25, 0.3) is 0 Å². The molecule has 154 valence electrons. The van der Waals surface area contributed by atoms with Crippen molar-refractivity contribution in [3.8, 4) is 0 Å². The Labute approximate surface area is 174 Å². The largest absolute Gasteiger partial charge is 0.450 e. The lowest BCUT2D eigenvalue weighted by Gasteiger charge is -2.41. The van der Waals surface area contributed by atoms with Gasteiger partial charge in [0.25, 0.3) is 0 Å². The Bertz CT molecular complexity index is 747. The topological polar surface area (TPSA) is 32.8 Å². The fraction of sp³-hybridized carbons (Fsp3) is 0.480. The molecule has 0 N–H and O–H groups in total. The van der Waals surface area contributed by atoms with E-state index < -0.39 is 0 Å². The Hall–Kier alpha value is -2.33. The van der Waals surface area contributed by atoms with Crippen LogP contribution < -0.4 is 0 Å². The fourth-order valence-corrected chi connectivity index (χ4v) is 4.74. The van der Waals surface area contributed by atoms with Gasteiger partial charge in [-0.3, -0.25) is 4.90 Å². The predicted octanol–water partition coefficient (Wildman–Crippen LogP) is 4.95. The van der Waals surface area contributed by atoms with Crippen LogP contribution in [0, 0.1) is 11.3 Å². The maximum absolute atomic E-state index is 12.3. The van der Waals surface area contributed by atoms with Gasteiger partial charge in [-0.2, -0.15) is 0 Å². The van der Waals surface area contributed by atoms with E-state index in [-0.39, 0.29) is 6.09 Å². The molecule has 4 nitrogen and oxygen atoms in total. The summed E-state index contributed by atoms with van der Waals surface area (Å²) < 4.78 is 5.29. The molecule has 1 heterocycles. The molecule has 4 heteroatoms. The van der Waals surface area contributed by atoms with Crippen molar-refractivity contribution >= 4 is 6.09 Å². The van der Waals surface area contributed by atoms with E-state index in [4.69, 9.17) is 4.74 Å². The molecule has 0 aromatic heterocycles. The molecule has 1 amide bonds. The summed E-state index contributed by atoms with van der Waals surface area (Å²) in [4.78, 5) is 16.8. The van der Waals surface area contributed by atoms with Crippen molar-refractivity contribution in [2.45, 2.75) is 39.3 Å². The zero-order valence-corrected chi connectivity index (χ0v) is 17.4. The monoisotopic (exact) mass is 392 g/mol. The van der Waals surface area contributed by atoms with E-state index in [2.05, 4.69) is 65.6 Å². The number of ether oxygens (including phenoxy) is 1. The molecule has 1 spiro atoms. The molecule has 1 aliphatic heterocycles. The Morgan fingerprint density at radius 3 is 2.10 bits per heavy atom. The summed E-state index contributed by atoms with van der Waals surface area (Å²) in [6, 6.07) is 21.4. The van der Waals surface area contributed by atoms with Gasteiger partial charge in [0.1, 0.15) is 0 Å². The molecule has 1 atom stereocenters. The lowest BCUT2D eigenvalue weighted by molar-refractivity contribution is 0.0488. The molecule has 29 heavy (non-hydrogen) atoms. The second kappa shape index (κ2) is 9.00. The van der Waals surface area contributed by atoms with Crippen LogP contribution >= 0.6 is 0 Å². The number of amides is 1. The summed E-state index contributed by atoms with van der Waals surface area (Å²) >= 11 is 0. The quantitative estimate of drug-likeness (QED) is 0.668. The van der Waals surface area contributed by atoms with Gasteiger partial charge in [0.05, 0.1) is 6.61 Å². The Balaban J connectivity index is 1.49. The summed E-state index contributed by atoms with van der Waals surface area (Å²) in [6.45, 7) is 6.86. The predicted molar refractivity (Wildman–Crippen MR) is 115 cm³/mol. The molecule has 1 saturated heterocycles. The highest BCUT2D eigenvalue weighted by Gasteiger charge is 2.52. The molecule has 0 bridgehead atoms. The summed E-state index contributed by atoms with van der Waals surface area (Å²) in [5, 5.41) is 0. The second-order valence-electron chi connectivity index (χ2n) is 8.60. The van der Waals surface area contributed by atoms with E-state index >= 15 is 0 Å². The zero-order chi connectivity index (χ0) is 20.1. The number of carbonyl (C=O) groups is 1. The highest BCUT2D eigenvalue weighted by molar-refractivity contribution is 5.67. The number of hydrogen-bond donors (Lipinski definition) is 0. The molecule has 2 aliphatic rings. The zero-order valence-electron chi connectivity index (χ0n) is 17.4. The van der Waals surface area contributed by atoms with Crippen molar-refractivity contribution < 1.29 is 9.53 Å². The first-order chi connectivity index (χ1) is 14.2. The number of hydrogen-bond acceptors (Lipinski definition) is 3. The minimum Gasteiger partial charge on any atom is -0.450 e. The van der Waals surface area contributed by atoms with Crippen molar-refractivity contribution in [3.05, 3.63) is 71.8 Å². The number of benzene rings is 2. The Morgan fingerprint density at radius 2 is 1.59 bits per heavy atom. The summed E-state index contributed by atoms with van der Waals surface area (Å²) in [7, 11) is 0. The summed E-state index contributed by atoms with van der Waals surface area (Å²) in [5.74, 6) is 0.507. The normalized spacial score (nSPS) is 20.1. The van der Waals surface area contributed by atoms with Crippen molar-refractivity contribution in [2.24, 2.45) is 11.3 Å². The third-order valence-electron chi connectivity index (χ3n) is 6.58. The molecule has 2 aromatic carbocycles. The van der Waals surface area contributed by atoms with Gasteiger partial charge < -0.3 is 9.64 Å². The van der Waals surface area contributed by atoms with Crippen molar-refractivity contribution in [1.82, 2.24) is 9.80 Å². The molecule has 0 radical (unpaired) electrons. The van der Waals surface area contributed by atoms with Crippen LogP contribution in [0.3, 0.4) is 0 Å². The lowest BCUT2D eigenvalue weighted by Crippen LogP contribution is -2.48. The van der Waals surface area contributed by atoms with Crippen LogP contribution in [0.2, 0.25) is 0 Å². The van der Waals surface area contributed by atoms with Gasteiger partial charge in [0.2, 0.25) is 0 Å². The van der Waals surface area contributed by atoms with Crippen molar-refractivity contribution in [1.29, 1.82) is 0 Å². The molecular weight excluding hydrogens is 360 g/mol. The molecule has 4 rings (SSSR count). The molecule has 1 aliphatic carbocycles. The molecule has 2 aromatic rings. The molecule has 1 saturated carbocycles. The van der Waals surface area contributed by atoms with Crippen LogP contribution in [0.15, 0.2) is 60.7 Å². The van der Waals surface area contributed by atoms with E-state index in [1.807, 2.05) is 11.8 Å². The van der Waals surface area contributed by atoms with Crippen molar-refractivity contribution in [3.63, 3.8) is 0 Å². The third-order valence-corrected chi connectivity index (χ3v) is 6.58. The van der Waals surface area contributed by atoms with Gasteiger partial charge >= 0.3 is 6.09 Å². The van der Waals surface area contributed by atoms with Crippen LogP contribution in [0.4, 0.5) is 4.79 Å². The summed E-state index contributed by atoms with van der Waals surface area (Å²) in [5.41, 5.74) is 3.12. The smallest absolute Gasteiger partial charge is 0.409 e. The van der Waals surface area contributed by atoms with Gasteiger partial charge in [0, 0.05) is 32.7 Å². The van der Waals surface area contributed by atoms with Crippen LogP contribution in [-0.4, -0.2) is 42.1 Å². The fourth-order valence-electron chi connectivity index (χ4n) is 4.74. The first kappa shape index (κ1) is 20.0. The van der Waals surface area contributed by atoms with Crippen LogP contribution in [0.5, 0.6) is 0 Å². The van der Waals surface area contributed by atoms with Gasteiger partial charge in [-0.15, -0.1) is 0 Å². The third kappa shape index (κ3) is 4.99. The maximum Gasteiger partial charge on any atom is 0.409 e. The Kier molecular flexibility index (Phi) is 6.19. The SMILES string of the molecule is CCOC(=O)N1CCC2(CC2)[C@@H](CN(Cc2ccccc2)Cc2ccccc2)C1. The highest BCUT2D eigenvalue weighted by atomic mass is 16.6. The van der Waals surface area contributed by atoms with Gasteiger partial charge in [-0.05, 0) is 48.6 Å². The van der Waals surface area contributed by atoms with Crippen LogP contribution in [0.1, 0.15) is 37.3 Å². The van der Waals surface area contributed by atoms with Gasteiger partial charge in [-0.1, -0.05) is 60.7 Å². The van der Waals surface area contributed by atoms with Crippen molar-refractivity contribution in [2.75, 3.05) is 26.2 Å². The minimum atomic E-state index is -0.148. The first-order valence-electron chi connectivity index (χ1n) is 10.9. The lowest BCUT2D eigenvalue weighted by atomic mass is 9.81. The number of nitrogens with zero attached hydrogens (tertiary/aromatic N) is 2.